The van der Waals surface area contributed by atoms with Crippen LogP contribution in [0.2, 0.25) is 0 Å². The molecule has 1 aromatic carbocycles. The number of aryl methyl sites for hydroxylation is 1. The summed E-state index contributed by atoms with van der Waals surface area (Å²) in [5.41, 5.74) is 6.04. The van der Waals surface area contributed by atoms with E-state index in [-0.39, 0.29) is 5.41 Å². The van der Waals surface area contributed by atoms with Gasteiger partial charge in [0.2, 0.25) is 0 Å². The number of fused-ring (bicyclic) bond motifs is 1. The molecule has 0 aliphatic carbocycles. The van der Waals surface area contributed by atoms with Crippen LogP contribution in [-0.2, 0) is 5.41 Å². The van der Waals surface area contributed by atoms with E-state index in [2.05, 4.69) is 62.4 Å². The molecule has 0 fully saturated rings. The molecule has 1 aromatic heterocycles. The molecule has 3 nitrogen and oxygen atoms in total. The molecule has 3 heteroatoms. The molecule has 1 heterocycles. The van der Waals surface area contributed by atoms with E-state index >= 15 is 0 Å². The van der Waals surface area contributed by atoms with Crippen LogP contribution in [0.1, 0.15) is 31.9 Å². The van der Waals surface area contributed by atoms with E-state index in [1.807, 2.05) is 0 Å². The second kappa shape index (κ2) is 4.00. The summed E-state index contributed by atoms with van der Waals surface area (Å²) in [7, 11) is 0. The summed E-state index contributed by atoms with van der Waals surface area (Å²) < 4.78 is 0. The fourth-order valence-corrected chi connectivity index (χ4v) is 2.03. The van der Waals surface area contributed by atoms with Gasteiger partial charge in [-0.15, -0.1) is 0 Å². The highest BCUT2D eigenvalue weighted by atomic mass is 15.3. The summed E-state index contributed by atoms with van der Waals surface area (Å²) in [5, 5.41) is 1.16. The van der Waals surface area contributed by atoms with Crippen LogP contribution < -0.4 is 11.3 Å². The molecular weight excluding hydrogens is 210 g/mol. The van der Waals surface area contributed by atoms with Gasteiger partial charge in [-0.3, -0.25) is 0 Å². The number of nitrogen functional groups attached to an aromatic ring is 1. The van der Waals surface area contributed by atoms with Gasteiger partial charge < -0.3 is 5.43 Å². The summed E-state index contributed by atoms with van der Waals surface area (Å²) in [6.45, 7) is 8.54. The Morgan fingerprint density at radius 3 is 2.53 bits per heavy atom. The lowest BCUT2D eigenvalue weighted by Gasteiger charge is -2.22. The normalized spacial score (nSPS) is 11.8. The van der Waals surface area contributed by atoms with E-state index in [1.54, 1.807) is 0 Å². The molecule has 0 saturated heterocycles. The maximum Gasteiger partial charge on any atom is 0.144 e. The van der Waals surface area contributed by atoms with Crippen molar-refractivity contribution in [2.45, 2.75) is 33.1 Å². The van der Waals surface area contributed by atoms with Gasteiger partial charge in [-0.1, -0.05) is 39.0 Å². The summed E-state index contributed by atoms with van der Waals surface area (Å²) in [4.78, 5) is 4.62. The second-order valence-corrected chi connectivity index (χ2v) is 5.43. The summed E-state index contributed by atoms with van der Waals surface area (Å²) in [6, 6.07) is 8.38. The van der Waals surface area contributed by atoms with Gasteiger partial charge in [0.1, 0.15) is 5.82 Å². The number of benzene rings is 1. The molecule has 2 rings (SSSR count). The average molecular weight is 229 g/mol. The Morgan fingerprint density at radius 1 is 1.24 bits per heavy atom. The molecule has 90 valence electrons. The minimum absolute atomic E-state index is 0.0205. The number of para-hydroxylation sites is 1. The number of nitrogens with two attached hydrogens (primary N) is 1. The summed E-state index contributed by atoms with van der Waals surface area (Å²) >= 11 is 0. The zero-order valence-electron chi connectivity index (χ0n) is 10.8. The van der Waals surface area contributed by atoms with Crippen molar-refractivity contribution < 1.29 is 0 Å². The molecule has 0 spiro atoms. The number of pyridine rings is 1. The monoisotopic (exact) mass is 229 g/mol. The van der Waals surface area contributed by atoms with Crippen molar-refractivity contribution in [2.75, 3.05) is 5.43 Å². The highest BCUT2D eigenvalue weighted by Crippen LogP contribution is 2.31. The number of anilines is 1. The van der Waals surface area contributed by atoms with E-state index in [0.29, 0.717) is 0 Å². The number of hydrogen-bond acceptors (Lipinski definition) is 3. The largest absolute Gasteiger partial charge is 0.308 e. The first-order chi connectivity index (χ1) is 7.93. The Labute approximate surface area is 102 Å². The highest BCUT2D eigenvalue weighted by Gasteiger charge is 2.19. The molecule has 2 aromatic rings. The first-order valence-electron chi connectivity index (χ1n) is 5.81. The number of nitrogens with one attached hydrogen (secondary N) is 1. The van der Waals surface area contributed by atoms with Crippen LogP contribution in [0.15, 0.2) is 24.3 Å². The highest BCUT2D eigenvalue weighted by molar-refractivity contribution is 5.84. The number of hydrazine groups is 1. The minimum atomic E-state index is 0.0205. The Hall–Kier alpha value is -1.61. The van der Waals surface area contributed by atoms with Crippen LogP contribution in [-0.4, -0.2) is 4.98 Å². The Bertz CT molecular complexity index is 553. The third-order valence-corrected chi connectivity index (χ3v) is 2.99. The lowest BCUT2D eigenvalue weighted by molar-refractivity contribution is 0.590. The fourth-order valence-electron chi connectivity index (χ4n) is 2.03. The Morgan fingerprint density at radius 2 is 1.94 bits per heavy atom. The van der Waals surface area contributed by atoms with E-state index < -0.39 is 0 Å². The lowest BCUT2D eigenvalue weighted by atomic mass is 9.86. The SMILES string of the molecule is Cc1cccc2cc(C(C)(C)C)c(NN)nc12. The van der Waals surface area contributed by atoms with Crippen molar-refractivity contribution in [1.82, 2.24) is 4.98 Å². The van der Waals surface area contributed by atoms with Gasteiger partial charge in [-0.25, -0.2) is 10.8 Å². The quantitative estimate of drug-likeness (QED) is 0.583. The lowest BCUT2D eigenvalue weighted by Crippen LogP contribution is -2.19. The second-order valence-electron chi connectivity index (χ2n) is 5.43. The molecule has 0 saturated carbocycles. The van der Waals surface area contributed by atoms with Gasteiger partial charge in [0.05, 0.1) is 5.52 Å². The van der Waals surface area contributed by atoms with E-state index in [1.165, 1.54) is 5.56 Å². The molecule has 0 bridgehead atoms. The zero-order chi connectivity index (χ0) is 12.6. The van der Waals surface area contributed by atoms with Crippen molar-refractivity contribution in [3.05, 3.63) is 35.4 Å². The zero-order valence-corrected chi connectivity index (χ0v) is 10.8. The van der Waals surface area contributed by atoms with Gasteiger partial charge in [-0.05, 0) is 24.0 Å². The molecule has 17 heavy (non-hydrogen) atoms. The standard InChI is InChI=1S/C14H19N3/c1-9-6-5-7-10-8-11(14(2,3)4)13(17-15)16-12(9)10/h5-8H,15H2,1-4H3,(H,16,17). The predicted molar refractivity (Wildman–Crippen MR) is 73.0 cm³/mol. The maximum atomic E-state index is 5.58. The molecule has 0 radical (unpaired) electrons. The van der Waals surface area contributed by atoms with Gasteiger partial charge in [0, 0.05) is 10.9 Å². The van der Waals surface area contributed by atoms with Crippen molar-refractivity contribution in [3.8, 4) is 0 Å². The van der Waals surface area contributed by atoms with Crippen LogP contribution in [0.25, 0.3) is 10.9 Å². The van der Waals surface area contributed by atoms with Gasteiger partial charge in [0.25, 0.3) is 0 Å². The molecule has 0 atom stereocenters. The summed E-state index contributed by atoms with van der Waals surface area (Å²) in [6.07, 6.45) is 0. The molecule has 0 aliphatic heterocycles. The average Bonchev–Trinajstić information content (AvgIpc) is 2.27. The molecule has 0 aliphatic rings. The van der Waals surface area contributed by atoms with Crippen molar-refractivity contribution in [2.24, 2.45) is 5.84 Å². The molecule has 3 N–H and O–H groups in total. The van der Waals surface area contributed by atoms with E-state index in [0.717, 1.165) is 22.3 Å². The van der Waals surface area contributed by atoms with Crippen molar-refractivity contribution in [1.29, 1.82) is 0 Å². The van der Waals surface area contributed by atoms with Gasteiger partial charge >= 0.3 is 0 Å². The van der Waals surface area contributed by atoms with Gasteiger partial charge in [-0.2, -0.15) is 0 Å². The number of nitrogens with zero attached hydrogens (tertiary/aromatic N) is 1. The van der Waals surface area contributed by atoms with Crippen LogP contribution in [0.4, 0.5) is 5.82 Å². The molecular formula is C14H19N3. The number of rotatable bonds is 1. The van der Waals surface area contributed by atoms with Crippen molar-refractivity contribution in [3.63, 3.8) is 0 Å². The molecule has 0 unspecified atom stereocenters. The van der Waals surface area contributed by atoms with Crippen LogP contribution in [0, 0.1) is 6.92 Å². The first-order valence-corrected chi connectivity index (χ1v) is 5.81. The number of aromatic nitrogens is 1. The fraction of sp³-hybridized carbons (Fsp3) is 0.357. The van der Waals surface area contributed by atoms with E-state index in [9.17, 15) is 0 Å². The van der Waals surface area contributed by atoms with Crippen molar-refractivity contribution >= 4 is 16.7 Å². The third-order valence-electron chi connectivity index (χ3n) is 2.99. The van der Waals surface area contributed by atoms with Crippen LogP contribution in [0.3, 0.4) is 0 Å². The van der Waals surface area contributed by atoms with Crippen LogP contribution in [0.5, 0.6) is 0 Å². The Balaban J connectivity index is 2.78. The Kier molecular flexibility index (Phi) is 2.79. The van der Waals surface area contributed by atoms with Gasteiger partial charge in [0.15, 0.2) is 0 Å². The van der Waals surface area contributed by atoms with E-state index in [4.69, 9.17) is 5.84 Å². The predicted octanol–water partition coefficient (Wildman–Crippen LogP) is 3.13. The smallest absolute Gasteiger partial charge is 0.144 e. The minimum Gasteiger partial charge on any atom is -0.308 e. The molecule has 0 amide bonds. The number of hydrogen-bond donors (Lipinski definition) is 2. The topological polar surface area (TPSA) is 50.9 Å². The first kappa shape index (κ1) is 11.9. The maximum absolute atomic E-state index is 5.58. The third kappa shape index (κ3) is 2.11. The van der Waals surface area contributed by atoms with Crippen LogP contribution >= 0.6 is 0 Å². The summed E-state index contributed by atoms with van der Waals surface area (Å²) in [5.74, 6) is 6.34.